The molecular weight excluding hydrogens is 556 g/mol. The Morgan fingerprint density at radius 1 is 0.841 bits per heavy atom. The van der Waals surface area contributed by atoms with Gasteiger partial charge >= 0.3 is 12.2 Å². The normalized spacial score (nSPS) is 13.2. The molecule has 0 bridgehead atoms. The van der Waals surface area contributed by atoms with E-state index < -0.39 is 23.4 Å². The lowest BCUT2D eigenvalue weighted by atomic mass is 9.99. The van der Waals surface area contributed by atoms with E-state index in [1.54, 1.807) is 77.3 Å². The number of benzene rings is 1. The second-order valence-electron chi connectivity index (χ2n) is 12.4. The molecule has 3 heterocycles. The standard InChI is InChI=1S/C35H38N4O5/c1-34(2,3)43-32(41)39(33(42)44-35(4,5)6)24-27-19-29(22-37-21-27)28-14-16-38(17-15-28)31(40)30-18-26(20-36-23-30)13-12-25-10-8-7-9-11-25/h7-11,14,18-23H,15-17,24H2,1-6H3. The van der Waals surface area contributed by atoms with Crippen molar-refractivity contribution in [3.63, 3.8) is 0 Å². The Balaban J connectivity index is 1.46. The number of rotatable bonds is 4. The molecule has 0 N–H and O–H groups in total. The van der Waals surface area contributed by atoms with E-state index >= 15 is 0 Å². The number of amides is 3. The molecule has 0 atom stereocenters. The summed E-state index contributed by atoms with van der Waals surface area (Å²) >= 11 is 0. The molecule has 0 saturated carbocycles. The summed E-state index contributed by atoms with van der Waals surface area (Å²) < 4.78 is 10.9. The predicted octanol–water partition coefficient (Wildman–Crippen LogP) is 6.48. The van der Waals surface area contributed by atoms with Crippen LogP contribution in [0.15, 0.2) is 73.3 Å². The molecule has 0 aliphatic carbocycles. The third-order valence-electron chi connectivity index (χ3n) is 6.34. The summed E-state index contributed by atoms with van der Waals surface area (Å²) in [5.41, 5.74) is 2.96. The van der Waals surface area contributed by atoms with Gasteiger partial charge in [0, 0.05) is 49.0 Å². The number of nitrogens with zero attached hydrogens (tertiary/aromatic N) is 4. The van der Waals surface area contributed by atoms with Crippen LogP contribution in [0.1, 0.15) is 80.6 Å². The Morgan fingerprint density at radius 3 is 2.09 bits per heavy atom. The number of hydrogen-bond acceptors (Lipinski definition) is 7. The van der Waals surface area contributed by atoms with Crippen LogP contribution in [-0.2, 0) is 16.0 Å². The van der Waals surface area contributed by atoms with Crippen LogP contribution >= 0.6 is 0 Å². The quantitative estimate of drug-likeness (QED) is 0.319. The van der Waals surface area contributed by atoms with Crippen LogP contribution < -0.4 is 0 Å². The van der Waals surface area contributed by atoms with E-state index in [0.717, 1.165) is 21.6 Å². The molecule has 3 amide bonds. The summed E-state index contributed by atoms with van der Waals surface area (Å²) in [6.07, 6.45) is 7.55. The summed E-state index contributed by atoms with van der Waals surface area (Å²) in [5.74, 6) is 6.06. The lowest BCUT2D eigenvalue weighted by Crippen LogP contribution is -2.43. The van der Waals surface area contributed by atoms with E-state index in [4.69, 9.17) is 9.47 Å². The highest BCUT2D eigenvalue weighted by Gasteiger charge is 2.31. The molecule has 1 aliphatic rings. The first-order valence-corrected chi connectivity index (χ1v) is 14.5. The molecule has 44 heavy (non-hydrogen) atoms. The number of carbonyl (C=O) groups is 3. The minimum atomic E-state index is -0.798. The van der Waals surface area contributed by atoms with Gasteiger partial charge in [0.05, 0.1) is 12.1 Å². The Kier molecular flexibility index (Phi) is 9.84. The van der Waals surface area contributed by atoms with Crippen LogP contribution in [0.4, 0.5) is 9.59 Å². The van der Waals surface area contributed by atoms with Crippen molar-refractivity contribution < 1.29 is 23.9 Å². The van der Waals surface area contributed by atoms with Gasteiger partial charge in [-0.1, -0.05) is 36.1 Å². The van der Waals surface area contributed by atoms with Crippen LogP contribution in [0.3, 0.4) is 0 Å². The predicted molar refractivity (Wildman–Crippen MR) is 167 cm³/mol. The highest BCUT2D eigenvalue weighted by atomic mass is 16.6. The van der Waals surface area contributed by atoms with Crippen LogP contribution in [0.5, 0.6) is 0 Å². The fourth-order valence-electron chi connectivity index (χ4n) is 4.36. The van der Waals surface area contributed by atoms with Gasteiger partial charge in [-0.15, -0.1) is 0 Å². The summed E-state index contributed by atoms with van der Waals surface area (Å²) in [4.78, 5) is 50.4. The molecule has 0 unspecified atom stereocenters. The number of aromatic nitrogens is 2. The molecule has 3 aromatic rings. The number of pyridine rings is 2. The molecule has 9 heteroatoms. The van der Waals surface area contributed by atoms with Gasteiger partial charge in [-0.05, 0) is 88.9 Å². The fourth-order valence-corrected chi connectivity index (χ4v) is 4.36. The molecule has 0 fully saturated rings. The van der Waals surface area contributed by atoms with Crippen molar-refractivity contribution in [2.75, 3.05) is 13.1 Å². The second-order valence-corrected chi connectivity index (χ2v) is 12.4. The van der Waals surface area contributed by atoms with Crippen molar-refractivity contribution in [2.24, 2.45) is 0 Å². The van der Waals surface area contributed by atoms with Crippen molar-refractivity contribution in [2.45, 2.75) is 65.7 Å². The highest BCUT2D eigenvalue weighted by molar-refractivity contribution is 5.95. The Morgan fingerprint density at radius 2 is 1.48 bits per heavy atom. The van der Waals surface area contributed by atoms with Crippen molar-refractivity contribution in [3.05, 3.63) is 101 Å². The van der Waals surface area contributed by atoms with Crippen LogP contribution in [0.2, 0.25) is 0 Å². The van der Waals surface area contributed by atoms with Gasteiger partial charge in [0.2, 0.25) is 0 Å². The summed E-state index contributed by atoms with van der Waals surface area (Å²) in [6.45, 7) is 11.3. The van der Waals surface area contributed by atoms with Gasteiger partial charge in [0.25, 0.3) is 5.91 Å². The molecule has 4 rings (SSSR count). The zero-order valence-corrected chi connectivity index (χ0v) is 26.1. The van der Waals surface area contributed by atoms with Gasteiger partial charge in [0.15, 0.2) is 0 Å². The maximum Gasteiger partial charge on any atom is 0.420 e. The Bertz CT molecular complexity index is 1580. The summed E-state index contributed by atoms with van der Waals surface area (Å²) in [6, 6.07) is 13.3. The average molecular weight is 595 g/mol. The van der Waals surface area contributed by atoms with Crippen molar-refractivity contribution in [1.82, 2.24) is 19.8 Å². The van der Waals surface area contributed by atoms with E-state index in [-0.39, 0.29) is 12.5 Å². The summed E-state index contributed by atoms with van der Waals surface area (Å²) in [7, 11) is 0. The first-order valence-electron chi connectivity index (χ1n) is 14.5. The maximum absolute atomic E-state index is 13.3. The van der Waals surface area contributed by atoms with Crippen molar-refractivity contribution >= 4 is 23.7 Å². The molecule has 228 valence electrons. The number of hydrogen-bond donors (Lipinski definition) is 0. The van der Waals surface area contributed by atoms with E-state index in [9.17, 15) is 14.4 Å². The fraction of sp³-hybridized carbons (Fsp3) is 0.343. The maximum atomic E-state index is 13.3. The molecular formula is C35H38N4O5. The number of ether oxygens (including phenoxy) is 2. The SMILES string of the molecule is CC(C)(C)OC(=O)N(Cc1cncc(C2=CCN(C(=O)c3cncc(C#Cc4ccccc4)c3)CC2)c1)C(=O)OC(C)(C)C. The minimum Gasteiger partial charge on any atom is -0.443 e. The van der Waals surface area contributed by atoms with E-state index in [2.05, 4.69) is 21.8 Å². The third-order valence-corrected chi connectivity index (χ3v) is 6.34. The van der Waals surface area contributed by atoms with Gasteiger partial charge in [-0.3, -0.25) is 14.8 Å². The highest BCUT2D eigenvalue weighted by Crippen LogP contribution is 2.25. The van der Waals surface area contributed by atoms with Crippen molar-refractivity contribution in [3.8, 4) is 11.8 Å². The van der Waals surface area contributed by atoms with E-state index in [1.807, 2.05) is 42.5 Å². The zero-order chi connectivity index (χ0) is 31.9. The van der Waals surface area contributed by atoms with Crippen LogP contribution in [0.25, 0.3) is 5.57 Å². The molecule has 9 nitrogen and oxygen atoms in total. The Labute approximate surface area is 258 Å². The zero-order valence-electron chi connectivity index (χ0n) is 26.1. The minimum absolute atomic E-state index is 0.0704. The van der Waals surface area contributed by atoms with Crippen molar-refractivity contribution in [1.29, 1.82) is 0 Å². The van der Waals surface area contributed by atoms with Gasteiger partial charge in [0.1, 0.15) is 11.2 Å². The third kappa shape index (κ3) is 9.27. The molecule has 2 aromatic heterocycles. The van der Waals surface area contributed by atoms with E-state index in [0.29, 0.717) is 36.2 Å². The lowest BCUT2D eigenvalue weighted by Gasteiger charge is -2.29. The lowest BCUT2D eigenvalue weighted by molar-refractivity contribution is -0.000286. The number of imide groups is 1. The van der Waals surface area contributed by atoms with Gasteiger partial charge in [-0.2, -0.15) is 0 Å². The van der Waals surface area contributed by atoms with Crippen LogP contribution in [0, 0.1) is 11.8 Å². The van der Waals surface area contributed by atoms with Gasteiger partial charge < -0.3 is 14.4 Å². The molecule has 0 spiro atoms. The monoisotopic (exact) mass is 594 g/mol. The van der Waals surface area contributed by atoms with Gasteiger partial charge in [-0.25, -0.2) is 14.5 Å². The molecule has 0 saturated heterocycles. The average Bonchev–Trinajstić information content (AvgIpc) is 2.97. The second kappa shape index (κ2) is 13.6. The van der Waals surface area contributed by atoms with Crippen LogP contribution in [-0.4, -0.2) is 62.2 Å². The Hall–Kier alpha value is -4.97. The summed E-state index contributed by atoms with van der Waals surface area (Å²) in [5, 5.41) is 0. The first kappa shape index (κ1) is 32.0. The molecule has 1 aromatic carbocycles. The topological polar surface area (TPSA) is 102 Å². The molecule has 0 radical (unpaired) electrons. The first-order chi connectivity index (χ1) is 20.8. The molecule has 1 aliphatic heterocycles. The number of carbonyl (C=O) groups excluding carboxylic acids is 3. The van der Waals surface area contributed by atoms with E-state index in [1.165, 1.54) is 0 Å². The smallest absolute Gasteiger partial charge is 0.420 e. The largest absolute Gasteiger partial charge is 0.443 e.